The van der Waals surface area contributed by atoms with Gasteiger partial charge in [0.05, 0.1) is 5.56 Å². The van der Waals surface area contributed by atoms with E-state index in [1.165, 1.54) is 33.2 Å². The highest BCUT2D eigenvalue weighted by molar-refractivity contribution is 5.88. The molecule has 28 heavy (non-hydrogen) atoms. The number of carboxylic acid groups (broad SMARTS) is 1. The fourth-order valence-corrected chi connectivity index (χ4v) is 4.69. The van der Waals surface area contributed by atoms with Gasteiger partial charge in [0.2, 0.25) is 0 Å². The van der Waals surface area contributed by atoms with Crippen LogP contribution in [0.25, 0.3) is 10.9 Å². The maximum absolute atomic E-state index is 11.2. The van der Waals surface area contributed by atoms with Crippen molar-refractivity contribution >= 4 is 16.9 Å². The monoisotopic (exact) mass is 376 g/mol. The maximum atomic E-state index is 11.2. The van der Waals surface area contributed by atoms with Crippen LogP contribution in [0, 0.1) is 25.7 Å². The van der Waals surface area contributed by atoms with E-state index in [0.717, 1.165) is 13.1 Å². The summed E-state index contributed by atoms with van der Waals surface area (Å²) in [6.45, 7) is 10.9. The zero-order valence-electron chi connectivity index (χ0n) is 17.0. The van der Waals surface area contributed by atoms with Gasteiger partial charge >= 0.3 is 5.97 Å². The molecule has 2 unspecified atom stereocenters. The summed E-state index contributed by atoms with van der Waals surface area (Å²) in [6.07, 6.45) is 2.02. The number of nitrogens with zero attached hydrogens (tertiary/aromatic N) is 1. The lowest BCUT2D eigenvalue weighted by atomic mass is 9.76. The van der Waals surface area contributed by atoms with E-state index in [9.17, 15) is 9.90 Å². The smallest absolute Gasteiger partial charge is 0.335 e. The van der Waals surface area contributed by atoms with Crippen LogP contribution in [-0.4, -0.2) is 27.5 Å². The number of carboxylic acids is 1. The summed E-state index contributed by atoms with van der Waals surface area (Å²) in [4.78, 5) is 17.1. The molecule has 1 saturated heterocycles. The highest BCUT2D eigenvalue weighted by Gasteiger charge is 2.41. The number of nitrogens with one attached hydrogen (secondary N) is 1. The first-order chi connectivity index (χ1) is 13.4. The Labute approximate surface area is 166 Å². The molecule has 0 saturated carbocycles. The van der Waals surface area contributed by atoms with Crippen LogP contribution in [0.3, 0.4) is 0 Å². The molecule has 3 aromatic rings. The number of H-pyrrole nitrogens is 1. The third kappa shape index (κ3) is 3.12. The fourth-order valence-electron chi connectivity index (χ4n) is 4.69. The molecule has 2 atom stereocenters. The SMILES string of the molecule is Cc1cc(C)c2[nH]ccc2c1CN1CC(C(C)C)C1c1ccc(C(=O)O)cc1. The largest absolute Gasteiger partial charge is 0.478 e. The van der Waals surface area contributed by atoms with Crippen molar-refractivity contribution in [1.29, 1.82) is 0 Å². The van der Waals surface area contributed by atoms with Crippen LogP contribution < -0.4 is 0 Å². The van der Waals surface area contributed by atoms with E-state index < -0.39 is 5.97 Å². The number of hydrogen-bond donors (Lipinski definition) is 2. The average molecular weight is 377 g/mol. The van der Waals surface area contributed by atoms with Gasteiger partial charge in [0.1, 0.15) is 0 Å². The lowest BCUT2D eigenvalue weighted by molar-refractivity contribution is -0.0201. The molecule has 4 rings (SSSR count). The second kappa shape index (κ2) is 7.10. The Morgan fingerprint density at radius 1 is 1.18 bits per heavy atom. The number of aryl methyl sites for hydroxylation is 2. The first-order valence-electron chi connectivity index (χ1n) is 10.00. The fraction of sp³-hybridized carbons (Fsp3) is 0.375. The summed E-state index contributed by atoms with van der Waals surface area (Å²) in [7, 11) is 0. The van der Waals surface area contributed by atoms with E-state index in [2.05, 4.69) is 49.7 Å². The van der Waals surface area contributed by atoms with Crippen LogP contribution in [-0.2, 0) is 6.54 Å². The summed E-state index contributed by atoms with van der Waals surface area (Å²) in [5.41, 5.74) is 6.78. The molecule has 1 aliphatic heterocycles. The van der Waals surface area contributed by atoms with E-state index in [0.29, 0.717) is 23.4 Å². The molecule has 146 valence electrons. The van der Waals surface area contributed by atoms with Crippen LogP contribution in [0.5, 0.6) is 0 Å². The molecule has 2 N–H and O–H groups in total. The normalized spacial score (nSPS) is 19.9. The number of aromatic amines is 1. The van der Waals surface area contributed by atoms with Gasteiger partial charge in [-0.3, -0.25) is 4.90 Å². The van der Waals surface area contributed by atoms with E-state index in [-0.39, 0.29) is 0 Å². The van der Waals surface area contributed by atoms with Gasteiger partial charge in [0.15, 0.2) is 0 Å². The lowest BCUT2D eigenvalue weighted by Crippen LogP contribution is -2.51. The van der Waals surface area contributed by atoms with Crippen LogP contribution in [0.1, 0.15) is 52.5 Å². The van der Waals surface area contributed by atoms with Crippen molar-refractivity contribution in [2.24, 2.45) is 11.8 Å². The Morgan fingerprint density at radius 3 is 2.54 bits per heavy atom. The topological polar surface area (TPSA) is 56.3 Å². The maximum Gasteiger partial charge on any atom is 0.335 e. The van der Waals surface area contributed by atoms with Gasteiger partial charge in [-0.25, -0.2) is 4.79 Å². The van der Waals surface area contributed by atoms with Gasteiger partial charge in [-0.1, -0.05) is 32.0 Å². The van der Waals surface area contributed by atoms with Crippen LogP contribution >= 0.6 is 0 Å². The zero-order chi connectivity index (χ0) is 20.0. The van der Waals surface area contributed by atoms with Crippen molar-refractivity contribution in [2.75, 3.05) is 6.54 Å². The molecule has 0 radical (unpaired) electrons. The predicted octanol–water partition coefficient (Wildman–Crippen LogP) is 5.31. The van der Waals surface area contributed by atoms with Crippen molar-refractivity contribution in [3.05, 3.63) is 70.4 Å². The number of fused-ring (bicyclic) bond motifs is 1. The summed E-state index contributed by atoms with van der Waals surface area (Å²) in [6, 6.07) is 12.2. The summed E-state index contributed by atoms with van der Waals surface area (Å²) >= 11 is 0. The van der Waals surface area contributed by atoms with E-state index >= 15 is 0 Å². The summed E-state index contributed by atoms with van der Waals surface area (Å²) in [5.74, 6) is 0.303. The quantitative estimate of drug-likeness (QED) is 0.634. The highest BCUT2D eigenvalue weighted by Crippen LogP contribution is 2.44. The number of benzene rings is 2. The molecular formula is C24H28N2O2. The molecule has 4 nitrogen and oxygen atoms in total. The van der Waals surface area contributed by atoms with Crippen molar-refractivity contribution in [2.45, 2.75) is 40.3 Å². The zero-order valence-corrected chi connectivity index (χ0v) is 17.0. The van der Waals surface area contributed by atoms with Gasteiger partial charge < -0.3 is 10.1 Å². The molecule has 0 bridgehead atoms. The number of aromatic carboxylic acids is 1. The molecule has 1 fully saturated rings. The molecule has 4 heteroatoms. The van der Waals surface area contributed by atoms with Gasteiger partial charge in [-0.2, -0.15) is 0 Å². The van der Waals surface area contributed by atoms with Crippen molar-refractivity contribution in [1.82, 2.24) is 9.88 Å². The van der Waals surface area contributed by atoms with Crippen LogP contribution in [0.15, 0.2) is 42.6 Å². The Morgan fingerprint density at radius 2 is 1.89 bits per heavy atom. The molecule has 0 amide bonds. The van der Waals surface area contributed by atoms with E-state index in [4.69, 9.17) is 0 Å². The Bertz CT molecular complexity index is 1020. The first-order valence-corrected chi connectivity index (χ1v) is 10.00. The second-order valence-corrected chi connectivity index (χ2v) is 8.46. The number of hydrogen-bond acceptors (Lipinski definition) is 2. The standard InChI is InChI=1S/C24H28N2O2/c1-14(2)20-12-26(23(20)17-5-7-18(8-6-17)24(27)28)13-21-15(3)11-16(4)22-19(21)9-10-25-22/h5-11,14,20,23,25H,12-13H2,1-4H3,(H,27,28). The van der Waals surface area contributed by atoms with Gasteiger partial charge in [-0.15, -0.1) is 0 Å². The molecule has 0 spiro atoms. The third-order valence-corrected chi connectivity index (χ3v) is 6.34. The second-order valence-electron chi connectivity index (χ2n) is 8.46. The van der Waals surface area contributed by atoms with Crippen molar-refractivity contribution < 1.29 is 9.90 Å². The molecule has 0 aliphatic carbocycles. The average Bonchev–Trinajstić information content (AvgIpc) is 3.10. The minimum Gasteiger partial charge on any atom is -0.478 e. The van der Waals surface area contributed by atoms with Crippen molar-refractivity contribution in [3.63, 3.8) is 0 Å². The first kappa shape index (κ1) is 18.8. The molecule has 2 heterocycles. The van der Waals surface area contributed by atoms with Gasteiger partial charge in [0, 0.05) is 36.2 Å². The summed E-state index contributed by atoms with van der Waals surface area (Å²) < 4.78 is 0. The Hall–Kier alpha value is -2.59. The molecular weight excluding hydrogens is 348 g/mol. The summed E-state index contributed by atoms with van der Waals surface area (Å²) in [5, 5.41) is 10.5. The Kier molecular flexibility index (Phi) is 4.76. The van der Waals surface area contributed by atoms with Crippen LogP contribution in [0.4, 0.5) is 0 Å². The Balaban J connectivity index is 1.66. The highest BCUT2D eigenvalue weighted by atomic mass is 16.4. The number of rotatable bonds is 5. The third-order valence-electron chi connectivity index (χ3n) is 6.34. The van der Waals surface area contributed by atoms with Gasteiger partial charge in [0.25, 0.3) is 0 Å². The molecule has 2 aromatic carbocycles. The number of carbonyl (C=O) groups is 1. The predicted molar refractivity (Wildman–Crippen MR) is 113 cm³/mol. The molecule has 1 aromatic heterocycles. The molecule has 1 aliphatic rings. The van der Waals surface area contributed by atoms with E-state index in [1.54, 1.807) is 12.1 Å². The van der Waals surface area contributed by atoms with Crippen molar-refractivity contribution in [3.8, 4) is 0 Å². The minimum atomic E-state index is -0.873. The number of likely N-dealkylation sites (tertiary alicyclic amines) is 1. The van der Waals surface area contributed by atoms with Gasteiger partial charge in [-0.05, 0) is 66.1 Å². The lowest BCUT2D eigenvalue weighted by Gasteiger charge is -2.51. The van der Waals surface area contributed by atoms with Crippen LogP contribution in [0.2, 0.25) is 0 Å². The minimum absolute atomic E-state index is 0.331. The number of aromatic nitrogens is 1. The van der Waals surface area contributed by atoms with E-state index in [1.807, 2.05) is 18.3 Å².